The lowest BCUT2D eigenvalue weighted by atomic mass is 9.82. The van der Waals surface area contributed by atoms with E-state index in [0.717, 1.165) is 49.4 Å². The third-order valence-electron chi connectivity index (χ3n) is 11.3. The Hall–Kier alpha value is -1.34. The molecule has 3 fully saturated rings. The summed E-state index contributed by atoms with van der Waals surface area (Å²) in [6.07, 6.45) is 6.32. The van der Waals surface area contributed by atoms with E-state index in [-0.39, 0.29) is 71.7 Å². The number of ketones is 1. The molecule has 3 heterocycles. The van der Waals surface area contributed by atoms with E-state index in [2.05, 4.69) is 49.9 Å². The number of fused-ring (bicyclic) bond motifs is 1. The Bertz CT molecular complexity index is 1410. The van der Waals surface area contributed by atoms with E-state index in [4.69, 9.17) is 18.9 Å². The Morgan fingerprint density at radius 1 is 1.06 bits per heavy atom. The third-order valence-corrected chi connectivity index (χ3v) is 14.4. The second-order valence-electron chi connectivity index (χ2n) is 16.4. The van der Waals surface area contributed by atoms with E-state index in [1.54, 1.807) is 24.3 Å². The number of allylic oxidation sites excluding steroid dienone is 1. The number of benzene rings is 1. The number of rotatable bonds is 17. The van der Waals surface area contributed by atoms with Crippen LogP contribution in [0, 0.1) is 29.1 Å². The first-order valence-electron chi connectivity index (χ1n) is 18.7. The second kappa shape index (κ2) is 17.7. The first-order valence-corrected chi connectivity index (χ1v) is 21.9. The number of sulfone groups is 1. The molecule has 3 aliphatic rings. The number of hydrogen-bond donors (Lipinski definition) is 0. The fourth-order valence-electron chi connectivity index (χ4n) is 7.76. The summed E-state index contributed by atoms with van der Waals surface area (Å²) in [4.78, 5) is 26.2. The van der Waals surface area contributed by atoms with Crippen molar-refractivity contribution in [3.8, 4) is 0 Å². The maximum atomic E-state index is 13.8. The molecule has 282 valence electrons. The lowest BCUT2D eigenvalue weighted by Crippen LogP contribution is -2.50. The summed E-state index contributed by atoms with van der Waals surface area (Å²) in [5, 5.41) is 0. The van der Waals surface area contributed by atoms with E-state index < -0.39 is 21.4 Å². The number of esters is 1. The quantitative estimate of drug-likeness (QED) is 0.0508. The summed E-state index contributed by atoms with van der Waals surface area (Å²) in [6, 6.07) is 8.57. The standard InChI is InChI=1S/C40H61IO8S/c1-9-26(2)20-35-29(5)33(24-50(44,45)32-15-11-10-12-16-32)36(48-35)22-34(42)28(4)27(3)21-30-17-18-37-40(25-41,49-30)23-31(47-37)14-13-19-46-38(43)39(6,7)8/h10-12,15-16,26-27,29-31,33,35-37H,4,9,13-14,17-25H2,1-3,5-8H3/t26-,27-,29-,30?,31+,33-,35-,36?,37+,40-/m1/s1. The third kappa shape index (κ3) is 10.4. The fraction of sp³-hybridized carbons (Fsp3) is 0.750. The van der Waals surface area contributed by atoms with Crippen LogP contribution in [0.5, 0.6) is 0 Å². The molecule has 0 amide bonds. The molecule has 8 nitrogen and oxygen atoms in total. The molecular formula is C40H61IO8S. The molecule has 1 aromatic carbocycles. The highest BCUT2D eigenvalue weighted by Gasteiger charge is 2.52. The Morgan fingerprint density at radius 2 is 1.76 bits per heavy atom. The zero-order chi connectivity index (χ0) is 36.9. The summed E-state index contributed by atoms with van der Waals surface area (Å²) in [6.45, 7) is 18.7. The van der Waals surface area contributed by atoms with Crippen LogP contribution >= 0.6 is 22.6 Å². The van der Waals surface area contributed by atoms with Crippen molar-refractivity contribution in [2.45, 2.75) is 147 Å². The topological polar surface area (TPSA) is 105 Å². The molecule has 50 heavy (non-hydrogen) atoms. The molecule has 0 aliphatic carbocycles. The van der Waals surface area contributed by atoms with Crippen molar-refractivity contribution in [3.05, 3.63) is 42.5 Å². The zero-order valence-corrected chi connectivity index (χ0v) is 34.3. The number of Topliss-reactive ketones (excluding diaryl/α,β-unsaturated/α-hetero) is 1. The molecule has 10 atom stereocenters. The molecule has 0 bridgehead atoms. The van der Waals surface area contributed by atoms with E-state index in [0.29, 0.717) is 29.4 Å². The van der Waals surface area contributed by atoms with Gasteiger partial charge in [-0.1, -0.05) is 81.5 Å². The van der Waals surface area contributed by atoms with Crippen LogP contribution in [0.3, 0.4) is 0 Å². The Labute approximate surface area is 315 Å². The average Bonchev–Trinajstić information content (AvgIpc) is 3.58. The van der Waals surface area contributed by atoms with Gasteiger partial charge < -0.3 is 18.9 Å². The van der Waals surface area contributed by atoms with Crippen LogP contribution in [-0.4, -0.2) is 73.1 Å². The molecule has 3 aliphatic heterocycles. The minimum absolute atomic E-state index is 0.00925. The van der Waals surface area contributed by atoms with Crippen molar-refractivity contribution >= 4 is 44.2 Å². The molecule has 0 spiro atoms. The maximum absolute atomic E-state index is 13.8. The smallest absolute Gasteiger partial charge is 0.311 e. The molecule has 0 radical (unpaired) electrons. The highest BCUT2D eigenvalue weighted by atomic mass is 127. The summed E-state index contributed by atoms with van der Waals surface area (Å²) in [5.41, 5.74) is -0.319. The van der Waals surface area contributed by atoms with Crippen LogP contribution in [0.1, 0.15) is 106 Å². The minimum Gasteiger partial charge on any atom is -0.465 e. The summed E-state index contributed by atoms with van der Waals surface area (Å²) < 4.78 is 53.1. The van der Waals surface area contributed by atoms with Crippen LogP contribution in [0.2, 0.25) is 0 Å². The van der Waals surface area contributed by atoms with Gasteiger partial charge in [0.2, 0.25) is 0 Å². The average molecular weight is 829 g/mol. The van der Waals surface area contributed by atoms with Gasteiger partial charge in [0.25, 0.3) is 0 Å². The summed E-state index contributed by atoms with van der Waals surface area (Å²) in [7, 11) is -3.55. The van der Waals surface area contributed by atoms with Crippen LogP contribution in [0.4, 0.5) is 0 Å². The molecule has 1 aromatic rings. The Morgan fingerprint density at radius 3 is 2.40 bits per heavy atom. The molecule has 10 heteroatoms. The van der Waals surface area contributed by atoms with Crippen LogP contribution in [-0.2, 0) is 38.4 Å². The van der Waals surface area contributed by atoms with Gasteiger partial charge in [-0.05, 0) is 94.8 Å². The first kappa shape index (κ1) is 41.4. The second-order valence-corrected chi connectivity index (χ2v) is 19.2. The summed E-state index contributed by atoms with van der Waals surface area (Å²) >= 11 is 2.41. The van der Waals surface area contributed by atoms with Gasteiger partial charge in [-0.3, -0.25) is 9.59 Å². The summed E-state index contributed by atoms with van der Waals surface area (Å²) in [5.74, 6) is -0.218. The van der Waals surface area contributed by atoms with E-state index in [9.17, 15) is 18.0 Å². The first-order chi connectivity index (χ1) is 23.5. The van der Waals surface area contributed by atoms with Crippen molar-refractivity contribution in [1.29, 1.82) is 0 Å². The molecule has 0 saturated carbocycles. The fourth-order valence-corrected chi connectivity index (χ4v) is 10.5. The molecule has 3 saturated heterocycles. The zero-order valence-electron chi connectivity index (χ0n) is 31.3. The number of carbonyl (C=O) groups excluding carboxylic acids is 2. The van der Waals surface area contributed by atoms with Gasteiger partial charge in [0, 0.05) is 23.2 Å². The van der Waals surface area contributed by atoms with Gasteiger partial charge in [0.15, 0.2) is 15.6 Å². The van der Waals surface area contributed by atoms with Crippen LogP contribution in [0.25, 0.3) is 0 Å². The number of ether oxygens (including phenoxy) is 4. The van der Waals surface area contributed by atoms with Crippen molar-refractivity contribution in [2.75, 3.05) is 16.8 Å². The number of halogens is 1. The normalized spacial score (nSPS) is 31.2. The van der Waals surface area contributed by atoms with Gasteiger partial charge in [-0.2, -0.15) is 0 Å². The van der Waals surface area contributed by atoms with Crippen molar-refractivity contribution in [2.24, 2.45) is 29.1 Å². The maximum Gasteiger partial charge on any atom is 0.311 e. The highest BCUT2D eigenvalue weighted by molar-refractivity contribution is 14.1. The van der Waals surface area contributed by atoms with Gasteiger partial charge in [0.1, 0.15) is 5.60 Å². The van der Waals surface area contributed by atoms with E-state index in [1.807, 2.05) is 33.8 Å². The van der Waals surface area contributed by atoms with Gasteiger partial charge in [-0.15, -0.1) is 0 Å². The van der Waals surface area contributed by atoms with Gasteiger partial charge >= 0.3 is 5.97 Å². The van der Waals surface area contributed by atoms with Crippen LogP contribution < -0.4 is 0 Å². The SMILES string of the molecule is C=C(C(=O)CC1O[C@H](C[C@H](C)CC)[C@H](C)[C@H]1CS(=O)(=O)c1ccccc1)[C@H](C)CC1CC[C@@H]2O[C@@H](CCCOC(=O)C(C)(C)C)C[C@]2(CI)O1. The van der Waals surface area contributed by atoms with Crippen molar-refractivity contribution < 1.29 is 37.0 Å². The molecule has 2 unspecified atom stereocenters. The van der Waals surface area contributed by atoms with E-state index in [1.165, 1.54) is 0 Å². The minimum atomic E-state index is -3.55. The van der Waals surface area contributed by atoms with Crippen LogP contribution in [0.15, 0.2) is 47.4 Å². The van der Waals surface area contributed by atoms with Gasteiger partial charge in [0.05, 0.1) is 53.2 Å². The Balaban J connectivity index is 1.34. The highest BCUT2D eigenvalue weighted by Crippen LogP contribution is 2.45. The lowest BCUT2D eigenvalue weighted by molar-refractivity contribution is -0.156. The predicted octanol–water partition coefficient (Wildman–Crippen LogP) is 8.34. The molecule has 0 aromatic heterocycles. The van der Waals surface area contributed by atoms with Crippen molar-refractivity contribution in [1.82, 2.24) is 0 Å². The molecule has 4 rings (SSSR count). The number of carbonyl (C=O) groups is 2. The number of alkyl halides is 1. The monoisotopic (exact) mass is 828 g/mol. The Kier molecular flexibility index (Phi) is 14.6. The molecule has 0 N–H and O–H groups in total. The molecular weight excluding hydrogens is 767 g/mol. The lowest BCUT2D eigenvalue weighted by Gasteiger charge is -2.42. The van der Waals surface area contributed by atoms with Gasteiger partial charge in [-0.25, -0.2) is 8.42 Å². The predicted molar refractivity (Wildman–Crippen MR) is 205 cm³/mol. The van der Waals surface area contributed by atoms with E-state index >= 15 is 0 Å². The van der Waals surface area contributed by atoms with Crippen molar-refractivity contribution in [3.63, 3.8) is 0 Å². The number of hydrogen-bond acceptors (Lipinski definition) is 8. The largest absolute Gasteiger partial charge is 0.465 e.